The summed E-state index contributed by atoms with van der Waals surface area (Å²) in [5.41, 5.74) is 0. The van der Waals surface area contributed by atoms with Crippen molar-refractivity contribution in [3.63, 3.8) is 0 Å². The molecule has 15 heavy (non-hydrogen) atoms. The van der Waals surface area contributed by atoms with Gasteiger partial charge in [-0.05, 0) is 17.9 Å². The van der Waals surface area contributed by atoms with Crippen LogP contribution < -0.4 is 0 Å². The molecule has 0 aliphatic rings. The first-order valence-corrected chi connectivity index (χ1v) is 6.70. The van der Waals surface area contributed by atoms with Crippen LogP contribution in [-0.4, -0.2) is 16.2 Å². The lowest BCUT2D eigenvalue weighted by atomic mass is 10.7. The average molecular weight is 275 g/mol. The zero-order valence-corrected chi connectivity index (χ0v) is 10.6. The Morgan fingerprint density at radius 1 is 1.13 bits per heavy atom. The molecule has 4 nitrogen and oxygen atoms in total. The van der Waals surface area contributed by atoms with Gasteiger partial charge in [0.25, 0.3) is 0 Å². The van der Waals surface area contributed by atoms with Gasteiger partial charge < -0.3 is 0 Å². The summed E-state index contributed by atoms with van der Waals surface area (Å²) in [6, 6.07) is 0. The Hall–Kier alpha value is -0.600. The van der Waals surface area contributed by atoms with Crippen molar-refractivity contribution in [3.05, 3.63) is 5.28 Å². The van der Waals surface area contributed by atoms with Crippen molar-refractivity contribution in [2.45, 2.75) is 14.9 Å². The van der Waals surface area contributed by atoms with Crippen LogP contribution in [-0.2, 0) is 0 Å². The van der Waals surface area contributed by atoms with Crippen molar-refractivity contribution in [3.8, 4) is 10.8 Å². The van der Waals surface area contributed by atoms with Crippen LogP contribution >= 0.6 is 46.9 Å². The molecule has 0 saturated heterocycles. The predicted octanol–water partition coefficient (Wildman–Crippen LogP) is 3.00. The summed E-state index contributed by atoms with van der Waals surface area (Å²) in [7, 11) is 0. The predicted molar refractivity (Wildman–Crippen MR) is 61.8 cm³/mol. The lowest BCUT2D eigenvalue weighted by Crippen LogP contribution is -1.92. The second-order valence-corrected chi connectivity index (χ2v) is 4.72. The molecule has 0 aliphatic heterocycles. The SMILES string of the molecule is CSc1c(SC#N)nc(Cl)nc1SC#N. The summed E-state index contributed by atoms with van der Waals surface area (Å²) in [6.45, 7) is 0. The molecule has 0 aliphatic carbocycles. The lowest BCUT2D eigenvalue weighted by Gasteiger charge is -2.05. The van der Waals surface area contributed by atoms with E-state index in [-0.39, 0.29) is 5.28 Å². The molecule has 8 heteroatoms. The summed E-state index contributed by atoms with van der Waals surface area (Å²) in [5.74, 6) is 0. The molecule has 0 N–H and O–H groups in total. The Kier molecular flexibility index (Phi) is 5.06. The molecule has 76 valence electrons. The first-order chi connectivity index (χ1) is 7.22. The van der Waals surface area contributed by atoms with Crippen LogP contribution in [0.4, 0.5) is 0 Å². The smallest absolute Gasteiger partial charge is 0.209 e. The zero-order valence-electron chi connectivity index (χ0n) is 7.39. The first kappa shape index (κ1) is 12.5. The van der Waals surface area contributed by atoms with E-state index < -0.39 is 0 Å². The van der Waals surface area contributed by atoms with Gasteiger partial charge in [0.05, 0.1) is 4.90 Å². The molecule has 1 rings (SSSR count). The summed E-state index contributed by atoms with van der Waals surface area (Å²) < 4.78 is 0. The van der Waals surface area contributed by atoms with Crippen molar-refractivity contribution in [2.75, 3.05) is 6.26 Å². The van der Waals surface area contributed by atoms with Crippen LogP contribution in [0.5, 0.6) is 0 Å². The number of rotatable bonds is 3. The highest BCUT2D eigenvalue weighted by Crippen LogP contribution is 2.35. The van der Waals surface area contributed by atoms with E-state index in [0.717, 1.165) is 23.5 Å². The maximum Gasteiger partial charge on any atom is 0.224 e. The maximum atomic E-state index is 8.58. The van der Waals surface area contributed by atoms with Crippen LogP contribution in [0.2, 0.25) is 5.28 Å². The van der Waals surface area contributed by atoms with E-state index in [2.05, 4.69) is 9.97 Å². The molecule has 0 aromatic carbocycles. The number of nitriles is 2. The van der Waals surface area contributed by atoms with E-state index in [1.54, 1.807) is 0 Å². The van der Waals surface area contributed by atoms with Gasteiger partial charge in [0.1, 0.15) is 20.9 Å². The third-order valence-electron chi connectivity index (χ3n) is 1.26. The van der Waals surface area contributed by atoms with Gasteiger partial charge in [-0.3, -0.25) is 0 Å². The Labute approximate surface area is 104 Å². The number of aromatic nitrogens is 2. The van der Waals surface area contributed by atoms with Gasteiger partial charge in [-0.25, -0.2) is 9.97 Å². The van der Waals surface area contributed by atoms with Crippen molar-refractivity contribution < 1.29 is 0 Å². The highest BCUT2D eigenvalue weighted by molar-refractivity contribution is 8.06. The molecule has 0 amide bonds. The molecule has 1 aromatic heterocycles. The van der Waals surface area contributed by atoms with Gasteiger partial charge in [0, 0.05) is 23.5 Å². The molecule has 0 spiro atoms. The summed E-state index contributed by atoms with van der Waals surface area (Å²) in [5, 5.41) is 22.0. The third kappa shape index (κ3) is 3.18. The van der Waals surface area contributed by atoms with Crippen molar-refractivity contribution in [1.82, 2.24) is 9.97 Å². The zero-order chi connectivity index (χ0) is 11.3. The molecule has 0 bridgehead atoms. The molecular weight excluding hydrogens is 272 g/mol. The molecule has 0 saturated carbocycles. The van der Waals surface area contributed by atoms with E-state index in [9.17, 15) is 0 Å². The van der Waals surface area contributed by atoms with Crippen LogP contribution in [0.15, 0.2) is 14.9 Å². The highest BCUT2D eigenvalue weighted by Gasteiger charge is 2.14. The Morgan fingerprint density at radius 2 is 1.60 bits per heavy atom. The standard InChI is InChI=1S/C7H3ClN4S3/c1-13-4-5(14-2-9)11-7(8)12-6(4)15-3-10/h1H3. The summed E-state index contributed by atoms with van der Waals surface area (Å²) in [4.78, 5) is 8.56. The van der Waals surface area contributed by atoms with Crippen LogP contribution in [0.25, 0.3) is 0 Å². The third-order valence-corrected chi connectivity index (χ3v) is 3.65. The van der Waals surface area contributed by atoms with Crippen LogP contribution in [0.3, 0.4) is 0 Å². The normalized spacial score (nSPS) is 9.33. The van der Waals surface area contributed by atoms with Gasteiger partial charge in [-0.15, -0.1) is 11.8 Å². The van der Waals surface area contributed by atoms with Crippen molar-refractivity contribution >= 4 is 46.9 Å². The van der Waals surface area contributed by atoms with Crippen molar-refractivity contribution in [2.24, 2.45) is 0 Å². The van der Waals surface area contributed by atoms with Crippen LogP contribution in [0.1, 0.15) is 0 Å². The quantitative estimate of drug-likeness (QED) is 0.363. The Morgan fingerprint density at radius 3 is 1.93 bits per heavy atom. The van der Waals surface area contributed by atoms with E-state index in [4.69, 9.17) is 22.1 Å². The van der Waals surface area contributed by atoms with Crippen molar-refractivity contribution in [1.29, 1.82) is 10.5 Å². The van der Waals surface area contributed by atoms with Gasteiger partial charge in [-0.2, -0.15) is 10.5 Å². The number of halogens is 1. The number of thioether (sulfide) groups is 3. The molecule has 0 fully saturated rings. The fourth-order valence-corrected chi connectivity index (χ4v) is 3.13. The van der Waals surface area contributed by atoms with E-state index >= 15 is 0 Å². The monoisotopic (exact) mass is 274 g/mol. The van der Waals surface area contributed by atoms with Gasteiger partial charge >= 0.3 is 0 Å². The van der Waals surface area contributed by atoms with Gasteiger partial charge in [-0.1, -0.05) is 0 Å². The second kappa shape index (κ2) is 6.09. The molecule has 0 atom stereocenters. The van der Waals surface area contributed by atoms with Gasteiger partial charge in [0.15, 0.2) is 0 Å². The largest absolute Gasteiger partial charge is 0.224 e. The molecule has 0 radical (unpaired) electrons. The first-order valence-electron chi connectivity index (χ1n) is 3.46. The molecular formula is C7H3ClN4S3. The second-order valence-electron chi connectivity index (χ2n) is 2.02. The minimum absolute atomic E-state index is 0.0447. The molecule has 1 aromatic rings. The fraction of sp³-hybridized carbons (Fsp3) is 0.143. The van der Waals surface area contributed by atoms with E-state index in [1.165, 1.54) is 11.8 Å². The number of hydrogen-bond acceptors (Lipinski definition) is 7. The minimum atomic E-state index is 0.0447. The number of nitrogens with zero attached hydrogens (tertiary/aromatic N) is 4. The summed E-state index contributed by atoms with van der Waals surface area (Å²) in [6.07, 6.45) is 1.83. The minimum Gasteiger partial charge on any atom is -0.209 e. The highest BCUT2D eigenvalue weighted by atomic mass is 35.5. The number of thiocyanates is 2. The Bertz CT molecular complexity index is 414. The van der Waals surface area contributed by atoms with E-state index in [1.807, 2.05) is 17.1 Å². The summed E-state index contributed by atoms with van der Waals surface area (Å²) >= 11 is 8.87. The lowest BCUT2D eigenvalue weighted by molar-refractivity contribution is 0.870. The average Bonchev–Trinajstić information content (AvgIpc) is 2.18. The van der Waals surface area contributed by atoms with Gasteiger partial charge in [0.2, 0.25) is 5.28 Å². The molecule has 1 heterocycles. The molecule has 0 unspecified atom stereocenters. The number of hydrogen-bond donors (Lipinski definition) is 0. The van der Waals surface area contributed by atoms with E-state index in [0.29, 0.717) is 14.9 Å². The van der Waals surface area contributed by atoms with Crippen LogP contribution in [0, 0.1) is 21.3 Å². The fourth-order valence-electron chi connectivity index (χ4n) is 0.785. The maximum absolute atomic E-state index is 8.58. The topological polar surface area (TPSA) is 73.4 Å². The Balaban J connectivity index is 3.27.